The Labute approximate surface area is 187 Å². The quantitative estimate of drug-likeness (QED) is 0.324. The number of phenolic OH excluding ortho intramolecular Hbond substituents is 1. The molecule has 4 aromatic rings. The summed E-state index contributed by atoms with van der Waals surface area (Å²) in [6.45, 7) is 0. The van der Waals surface area contributed by atoms with Gasteiger partial charge in [-0.1, -0.05) is 19.3 Å². The van der Waals surface area contributed by atoms with Crippen molar-refractivity contribution in [3.8, 4) is 5.75 Å². The van der Waals surface area contributed by atoms with E-state index in [1.165, 1.54) is 6.20 Å². The van der Waals surface area contributed by atoms with Gasteiger partial charge in [-0.2, -0.15) is 10.1 Å². The van der Waals surface area contributed by atoms with Gasteiger partial charge in [0.25, 0.3) is 0 Å². The van der Waals surface area contributed by atoms with Crippen molar-refractivity contribution in [3.63, 3.8) is 0 Å². The van der Waals surface area contributed by atoms with Crippen molar-refractivity contribution in [2.75, 3.05) is 10.6 Å². The van der Waals surface area contributed by atoms with Gasteiger partial charge in [0.15, 0.2) is 23.1 Å². The Kier molecular flexibility index (Phi) is 5.49. The third kappa shape index (κ3) is 4.28. The lowest BCUT2D eigenvalue weighted by Crippen LogP contribution is -2.15. The molecule has 1 fully saturated rings. The highest BCUT2D eigenvalue weighted by molar-refractivity contribution is 5.90. The van der Waals surface area contributed by atoms with Crippen LogP contribution in [-0.4, -0.2) is 24.9 Å². The number of nitrogens with one attached hydrogen (secondary N) is 2. The highest BCUT2D eigenvalue weighted by atomic mass is 19.1. The van der Waals surface area contributed by atoms with Crippen molar-refractivity contribution < 1.29 is 18.3 Å². The van der Waals surface area contributed by atoms with Crippen LogP contribution in [0.15, 0.2) is 42.6 Å². The molecule has 1 saturated carbocycles. The molecule has 5 rings (SSSR count). The SMILES string of the molecule is Oc1ccc(Nc2ncc3c(Nc4c(F)cc(F)cc4F)nn(C4CCCCC4)c3n2)cc1. The molecule has 0 aliphatic heterocycles. The first-order valence-corrected chi connectivity index (χ1v) is 10.7. The molecule has 170 valence electrons. The summed E-state index contributed by atoms with van der Waals surface area (Å²) in [6.07, 6.45) is 6.62. The molecule has 0 bridgehead atoms. The maximum absolute atomic E-state index is 14.3. The monoisotopic (exact) mass is 454 g/mol. The van der Waals surface area contributed by atoms with Crippen molar-refractivity contribution in [1.29, 1.82) is 0 Å². The van der Waals surface area contributed by atoms with Gasteiger partial charge in [-0.15, -0.1) is 0 Å². The summed E-state index contributed by atoms with van der Waals surface area (Å²) >= 11 is 0. The number of aromatic hydroxyl groups is 1. The highest BCUT2D eigenvalue weighted by Gasteiger charge is 2.23. The van der Waals surface area contributed by atoms with Crippen LogP contribution in [0.1, 0.15) is 38.1 Å². The predicted molar refractivity (Wildman–Crippen MR) is 118 cm³/mol. The third-order valence-electron chi connectivity index (χ3n) is 5.74. The van der Waals surface area contributed by atoms with Gasteiger partial charge in [0.05, 0.1) is 11.4 Å². The molecule has 0 spiro atoms. The minimum Gasteiger partial charge on any atom is -0.508 e. The van der Waals surface area contributed by atoms with Crippen LogP contribution in [-0.2, 0) is 0 Å². The molecule has 10 heteroatoms. The molecule has 1 aliphatic rings. The second kappa shape index (κ2) is 8.61. The van der Waals surface area contributed by atoms with Gasteiger partial charge < -0.3 is 15.7 Å². The summed E-state index contributed by atoms with van der Waals surface area (Å²) in [4.78, 5) is 8.94. The highest BCUT2D eigenvalue weighted by Crippen LogP contribution is 2.34. The van der Waals surface area contributed by atoms with E-state index >= 15 is 0 Å². The average Bonchev–Trinajstić information content (AvgIpc) is 3.16. The predicted octanol–water partition coefficient (Wildman–Crippen LogP) is 5.94. The van der Waals surface area contributed by atoms with E-state index in [1.807, 2.05) is 0 Å². The topological polar surface area (TPSA) is 87.9 Å². The number of benzene rings is 2. The number of fused-ring (bicyclic) bond motifs is 1. The van der Waals surface area contributed by atoms with E-state index in [-0.39, 0.29) is 17.6 Å². The normalized spacial score (nSPS) is 14.5. The lowest BCUT2D eigenvalue weighted by atomic mass is 9.96. The Balaban J connectivity index is 1.56. The first-order valence-electron chi connectivity index (χ1n) is 10.7. The van der Waals surface area contributed by atoms with Crippen LogP contribution >= 0.6 is 0 Å². The molecule has 2 aromatic carbocycles. The van der Waals surface area contributed by atoms with E-state index in [4.69, 9.17) is 0 Å². The van der Waals surface area contributed by atoms with Crippen molar-refractivity contribution in [1.82, 2.24) is 19.7 Å². The van der Waals surface area contributed by atoms with Crippen LogP contribution in [0.4, 0.5) is 36.3 Å². The molecule has 1 aliphatic carbocycles. The van der Waals surface area contributed by atoms with Crippen LogP contribution in [0.5, 0.6) is 5.75 Å². The number of anilines is 4. The molecule has 3 N–H and O–H groups in total. The van der Waals surface area contributed by atoms with Crippen LogP contribution in [0.25, 0.3) is 11.0 Å². The number of nitrogens with zero attached hydrogens (tertiary/aromatic N) is 4. The summed E-state index contributed by atoms with van der Waals surface area (Å²) < 4.78 is 43.6. The summed E-state index contributed by atoms with van der Waals surface area (Å²) in [6, 6.07) is 7.78. The van der Waals surface area contributed by atoms with Gasteiger partial charge >= 0.3 is 0 Å². The fourth-order valence-electron chi connectivity index (χ4n) is 4.11. The van der Waals surface area contributed by atoms with Gasteiger partial charge in [0.1, 0.15) is 17.3 Å². The molecule has 0 atom stereocenters. The lowest BCUT2D eigenvalue weighted by molar-refractivity contribution is 0.336. The van der Waals surface area contributed by atoms with E-state index in [2.05, 4.69) is 25.7 Å². The van der Waals surface area contributed by atoms with Gasteiger partial charge in [-0.05, 0) is 37.1 Å². The van der Waals surface area contributed by atoms with E-state index in [0.717, 1.165) is 32.1 Å². The van der Waals surface area contributed by atoms with Gasteiger partial charge in [-0.25, -0.2) is 22.8 Å². The summed E-state index contributed by atoms with van der Waals surface area (Å²) in [5.41, 5.74) is 0.714. The van der Waals surface area contributed by atoms with E-state index in [1.54, 1.807) is 28.9 Å². The fourth-order valence-corrected chi connectivity index (χ4v) is 4.11. The Morgan fingerprint density at radius 3 is 2.33 bits per heavy atom. The molecule has 0 unspecified atom stereocenters. The van der Waals surface area contributed by atoms with Crippen molar-refractivity contribution in [2.45, 2.75) is 38.1 Å². The van der Waals surface area contributed by atoms with E-state index in [9.17, 15) is 18.3 Å². The van der Waals surface area contributed by atoms with Gasteiger partial charge in [0.2, 0.25) is 5.95 Å². The second-order valence-corrected chi connectivity index (χ2v) is 8.06. The molecule has 2 aromatic heterocycles. The summed E-state index contributed by atoms with van der Waals surface area (Å²) in [7, 11) is 0. The van der Waals surface area contributed by atoms with E-state index < -0.39 is 23.1 Å². The molecule has 0 amide bonds. The minimum absolute atomic E-state index is 0.0936. The summed E-state index contributed by atoms with van der Waals surface area (Å²) in [5.74, 6) is -2.46. The Bertz CT molecular complexity index is 1280. The molecular weight excluding hydrogens is 433 g/mol. The first-order chi connectivity index (χ1) is 16.0. The fraction of sp³-hybridized carbons (Fsp3) is 0.261. The first kappa shape index (κ1) is 21.0. The van der Waals surface area contributed by atoms with Gasteiger partial charge in [0, 0.05) is 24.0 Å². The van der Waals surface area contributed by atoms with Crippen LogP contribution < -0.4 is 10.6 Å². The maximum atomic E-state index is 14.3. The van der Waals surface area contributed by atoms with Crippen LogP contribution in [0, 0.1) is 17.5 Å². The zero-order valence-corrected chi connectivity index (χ0v) is 17.5. The zero-order chi connectivity index (χ0) is 22.9. The third-order valence-corrected chi connectivity index (χ3v) is 5.74. The van der Waals surface area contributed by atoms with Crippen molar-refractivity contribution in [3.05, 3.63) is 60.0 Å². The molecule has 33 heavy (non-hydrogen) atoms. The minimum atomic E-state index is -1.06. The van der Waals surface area contributed by atoms with Crippen LogP contribution in [0.3, 0.4) is 0 Å². The lowest BCUT2D eigenvalue weighted by Gasteiger charge is -2.22. The smallest absolute Gasteiger partial charge is 0.229 e. The number of phenols is 1. The molecule has 0 saturated heterocycles. The van der Waals surface area contributed by atoms with Crippen LogP contribution in [0.2, 0.25) is 0 Å². The zero-order valence-electron chi connectivity index (χ0n) is 17.5. The maximum Gasteiger partial charge on any atom is 0.229 e. The number of hydrogen-bond acceptors (Lipinski definition) is 6. The Hall–Kier alpha value is -3.82. The average molecular weight is 454 g/mol. The molecule has 2 heterocycles. The molecule has 7 nitrogen and oxygen atoms in total. The number of hydrogen-bond donors (Lipinski definition) is 3. The van der Waals surface area contributed by atoms with E-state index in [0.29, 0.717) is 34.8 Å². The Morgan fingerprint density at radius 1 is 0.939 bits per heavy atom. The number of halogens is 3. The molecular formula is C23H21F3N6O. The Morgan fingerprint density at radius 2 is 1.64 bits per heavy atom. The number of aromatic nitrogens is 4. The largest absolute Gasteiger partial charge is 0.508 e. The van der Waals surface area contributed by atoms with Gasteiger partial charge in [-0.3, -0.25) is 0 Å². The van der Waals surface area contributed by atoms with Crippen molar-refractivity contribution >= 4 is 34.2 Å². The number of rotatable bonds is 5. The molecule has 0 radical (unpaired) electrons. The standard InChI is InChI=1S/C23H21F3N6O/c24-13-10-18(25)20(19(26)11-13)29-21-17-12-27-23(28-14-6-8-16(33)9-7-14)30-22(17)32(31-21)15-4-2-1-3-5-15/h6-12,15,33H,1-5H2,(H,29,31)(H,27,28,30). The summed E-state index contributed by atoms with van der Waals surface area (Å²) in [5, 5.41) is 20.3. The van der Waals surface area contributed by atoms with Crippen molar-refractivity contribution in [2.24, 2.45) is 0 Å². The second-order valence-electron chi connectivity index (χ2n) is 8.06.